The lowest BCUT2D eigenvalue weighted by Gasteiger charge is -2.10. The Morgan fingerprint density at radius 3 is 2.50 bits per heavy atom. The van der Waals surface area contributed by atoms with Gasteiger partial charge in [-0.05, 0) is 30.2 Å². The molecule has 2 heterocycles. The van der Waals surface area contributed by atoms with E-state index in [9.17, 15) is 4.39 Å². The molecule has 0 saturated heterocycles. The molecule has 0 fully saturated rings. The molecule has 0 radical (unpaired) electrons. The van der Waals surface area contributed by atoms with Gasteiger partial charge in [-0.15, -0.1) is 0 Å². The molecule has 0 aliphatic carbocycles. The summed E-state index contributed by atoms with van der Waals surface area (Å²) in [6.45, 7) is 4.64. The maximum absolute atomic E-state index is 13.9. The van der Waals surface area contributed by atoms with Crippen molar-refractivity contribution in [1.29, 1.82) is 0 Å². The summed E-state index contributed by atoms with van der Waals surface area (Å²) < 4.78 is 15.8. The predicted molar refractivity (Wildman–Crippen MR) is 85.0 cm³/mol. The molecule has 0 N–H and O–H groups in total. The first-order chi connectivity index (χ1) is 10.6. The molecule has 0 bridgehead atoms. The van der Waals surface area contributed by atoms with Gasteiger partial charge in [0.1, 0.15) is 11.5 Å². The van der Waals surface area contributed by atoms with Gasteiger partial charge in [-0.1, -0.05) is 38.1 Å². The van der Waals surface area contributed by atoms with Gasteiger partial charge in [0.05, 0.1) is 12.2 Å². The molecule has 0 amide bonds. The fraction of sp³-hybridized carbons (Fsp3) is 0.222. The van der Waals surface area contributed by atoms with Crippen LogP contribution in [0.4, 0.5) is 4.39 Å². The van der Waals surface area contributed by atoms with Crippen LogP contribution in [0.5, 0.6) is 0 Å². The van der Waals surface area contributed by atoms with Gasteiger partial charge in [-0.2, -0.15) is 5.10 Å². The molecule has 2 aromatic heterocycles. The zero-order chi connectivity index (χ0) is 15.5. The summed E-state index contributed by atoms with van der Waals surface area (Å²) >= 11 is 0. The Kier molecular flexibility index (Phi) is 4.00. The topological polar surface area (TPSA) is 30.7 Å². The van der Waals surface area contributed by atoms with Crippen molar-refractivity contribution >= 4 is 0 Å². The van der Waals surface area contributed by atoms with Crippen molar-refractivity contribution in [2.45, 2.75) is 26.3 Å². The van der Waals surface area contributed by atoms with Crippen LogP contribution in [0.25, 0.3) is 11.4 Å². The highest BCUT2D eigenvalue weighted by Gasteiger charge is 2.14. The minimum Gasteiger partial charge on any atom is -0.264 e. The molecule has 0 aliphatic heterocycles. The van der Waals surface area contributed by atoms with E-state index in [1.54, 1.807) is 18.3 Å². The second-order valence-corrected chi connectivity index (χ2v) is 5.57. The molecule has 22 heavy (non-hydrogen) atoms. The lowest BCUT2D eigenvalue weighted by Crippen LogP contribution is -2.08. The molecule has 4 heteroatoms. The summed E-state index contributed by atoms with van der Waals surface area (Å²) in [5.41, 5.74) is 3.36. The minimum absolute atomic E-state index is 0.202. The average molecular weight is 295 g/mol. The van der Waals surface area contributed by atoms with Crippen LogP contribution in [0, 0.1) is 5.82 Å². The quantitative estimate of drug-likeness (QED) is 0.720. The molecule has 3 aromatic rings. The summed E-state index contributed by atoms with van der Waals surface area (Å²) in [4.78, 5) is 4.34. The smallest absolute Gasteiger partial charge is 0.128 e. The Morgan fingerprint density at radius 2 is 1.82 bits per heavy atom. The van der Waals surface area contributed by atoms with Gasteiger partial charge in [-0.3, -0.25) is 9.67 Å². The van der Waals surface area contributed by atoms with E-state index in [4.69, 9.17) is 0 Å². The fourth-order valence-electron chi connectivity index (χ4n) is 2.45. The maximum atomic E-state index is 13.9. The fourth-order valence-corrected chi connectivity index (χ4v) is 2.45. The van der Waals surface area contributed by atoms with E-state index in [2.05, 4.69) is 23.9 Å². The highest BCUT2D eigenvalue weighted by Crippen LogP contribution is 2.23. The SMILES string of the molecule is CC(C)c1cc(-c2ccccn2)nn1Cc1ccccc1F. The molecule has 0 spiro atoms. The van der Waals surface area contributed by atoms with Crippen LogP contribution < -0.4 is 0 Å². The monoisotopic (exact) mass is 295 g/mol. The van der Waals surface area contributed by atoms with Crippen molar-refractivity contribution in [3.63, 3.8) is 0 Å². The van der Waals surface area contributed by atoms with E-state index in [0.29, 0.717) is 18.0 Å². The summed E-state index contributed by atoms with van der Waals surface area (Å²) in [7, 11) is 0. The summed E-state index contributed by atoms with van der Waals surface area (Å²) in [5, 5.41) is 4.63. The van der Waals surface area contributed by atoms with Crippen LogP contribution in [0.3, 0.4) is 0 Å². The highest BCUT2D eigenvalue weighted by atomic mass is 19.1. The van der Waals surface area contributed by atoms with Gasteiger partial charge in [0.15, 0.2) is 0 Å². The first-order valence-electron chi connectivity index (χ1n) is 7.37. The second kappa shape index (κ2) is 6.10. The zero-order valence-electron chi connectivity index (χ0n) is 12.7. The second-order valence-electron chi connectivity index (χ2n) is 5.57. The van der Waals surface area contributed by atoms with E-state index in [1.807, 2.05) is 35.0 Å². The molecule has 112 valence electrons. The van der Waals surface area contributed by atoms with Gasteiger partial charge in [0.2, 0.25) is 0 Å². The number of aromatic nitrogens is 3. The number of benzene rings is 1. The van der Waals surface area contributed by atoms with Crippen molar-refractivity contribution in [2.75, 3.05) is 0 Å². The first kappa shape index (κ1) is 14.4. The van der Waals surface area contributed by atoms with Crippen molar-refractivity contribution in [1.82, 2.24) is 14.8 Å². The number of halogens is 1. The van der Waals surface area contributed by atoms with E-state index >= 15 is 0 Å². The molecule has 1 aromatic carbocycles. The molecule has 3 nitrogen and oxygen atoms in total. The first-order valence-corrected chi connectivity index (χ1v) is 7.37. The largest absolute Gasteiger partial charge is 0.264 e. The van der Waals surface area contributed by atoms with Crippen LogP contribution in [0.2, 0.25) is 0 Å². The lowest BCUT2D eigenvalue weighted by molar-refractivity contribution is 0.567. The van der Waals surface area contributed by atoms with Crippen molar-refractivity contribution in [2.24, 2.45) is 0 Å². The zero-order valence-corrected chi connectivity index (χ0v) is 12.7. The maximum Gasteiger partial charge on any atom is 0.128 e. The highest BCUT2D eigenvalue weighted by molar-refractivity contribution is 5.54. The molecule has 0 saturated carbocycles. The number of nitrogens with zero attached hydrogens (tertiary/aromatic N) is 3. The number of hydrogen-bond donors (Lipinski definition) is 0. The summed E-state index contributed by atoms with van der Waals surface area (Å²) in [5.74, 6) is 0.101. The molecular weight excluding hydrogens is 277 g/mol. The van der Waals surface area contributed by atoms with Crippen LogP contribution in [-0.4, -0.2) is 14.8 Å². The lowest BCUT2D eigenvalue weighted by atomic mass is 10.1. The molecule has 0 atom stereocenters. The van der Waals surface area contributed by atoms with E-state index in [0.717, 1.165) is 17.1 Å². The Morgan fingerprint density at radius 1 is 1.05 bits per heavy atom. The van der Waals surface area contributed by atoms with Crippen LogP contribution in [0.1, 0.15) is 31.0 Å². The van der Waals surface area contributed by atoms with Gasteiger partial charge >= 0.3 is 0 Å². The van der Waals surface area contributed by atoms with Gasteiger partial charge in [-0.25, -0.2) is 4.39 Å². The van der Waals surface area contributed by atoms with Crippen LogP contribution >= 0.6 is 0 Å². The standard InChI is InChI=1S/C18H18FN3/c1-13(2)18-11-17(16-9-5-6-10-20-16)21-22(18)12-14-7-3-4-8-15(14)19/h3-11,13H,12H2,1-2H3. The molecule has 0 unspecified atom stereocenters. The Bertz CT molecular complexity index is 763. The van der Waals surface area contributed by atoms with Crippen molar-refractivity contribution in [3.8, 4) is 11.4 Å². The summed E-state index contributed by atoms with van der Waals surface area (Å²) in [6.07, 6.45) is 1.75. The number of pyridine rings is 1. The van der Waals surface area contributed by atoms with E-state index in [-0.39, 0.29) is 5.82 Å². The molecular formula is C18H18FN3. The van der Waals surface area contributed by atoms with Crippen LogP contribution in [0.15, 0.2) is 54.7 Å². The third-order valence-electron chi connectivity index (χ3n) is 3.61. The average Bonchev–Trinajstić information content (AvgIpc) is 2.95. The third-order valence-corrected chi connectivity index (χ3v) is 3.61. The Hall–Kier alpha value is -2.49. The Balaban J connectivity index is 2.00. The van der Waals surface area contributed by atoms with Gasteiger partial charge in [0.25, 0.3) is 0 Å². The molecule has 3 rings (SSSR count). The van der Waals surface area contributed by atoms with Gasteiger partial charge < -0.3 is 0 Å². The van der Waals surface area contributed by atoms with Gasteiger partial charge in [0, 0.05) is 17.5 Å². The van der Waals surface area contributed by atoms with Crippen molar-refractivity contribution < 1.29 is 4.39 Å². The number of rotatable bonds is 4. The normalized spacial score (nSPS) is 11.1. The summed E-state index contributed by atoms with van der Waals surface area (Å²) in [6, 6.07) is 14.6. The Labute approximate surface area is 129 Å². The molecule has 0 aliphatic rings. The number of hydrogen-bond acceptors (Lipinski definition) is 2. The van der Waals surface area contributed by atoms with E-state index < -0.39 is 0 Å². The minimum atomic E-state index is -0.202. The predicted octanol–water partition coefficient (Wildman–Crippen LogP) is 4.26. The third kappa shape index (κ3) is 2.91. The van der Waals surface area contributed by atoms with Crippen LogP contribution in [-0.2, 0) is 6.54 Å². The van der Waals surface area contributed by atoms with Crippen molar-refractivity contribution in [3.05, 3.63) is 71.8 Å². The van der Waals surface area contributed by atoms with E-state index in [1.165, 1.54) is 6.07 Å².